The molecule has 2 fully saturated rings. The molecule has 0 radical (unpaired) electrons. The van der Waals surface area contributed by atoms with E-state index in [-0.39, 0.29) is 21.7 Å². The fourth-order valence-electron chi connectivity index (χ4n) is 8.13. The van der Waals surface area contributed by atoms with Gasteiger partial charge in [0.1, 0.15) is 0 Å². The minimum absolute atomic E-state index is 0.146. The van der Waals surface area contributed by atoms with E-state index in [0.717, 1.165) is 11.6 Å². The lowest BCUT2D eigenvalue weighted by Crippen LogP contribution is -2.33. The zero-order valence-electron chi connectivity index (χ0n) is 20.1. The van der Waals surface area contributed by atoms with E-state index in [4.69, 9.17) is 15.2 Å². The topological polar surface area (TPSA) is 48.5 Å². The van der Waals surface area contributed by atoms with Crippen LogP contribution in [0.1, 0.15) is 102 Å². The summed E-state index contributed by atoms with van der Waals surface area (Å²) in [6, 6.07) is 6.26. The van der Waals surface area contributed by atoms with Crippen molar-refractivity contribution in [3.8, 4) is 11.6 Å². The highest BCUT2D eigenvalue weighted by Gasteiger charge is 2.62. The van der Waals surface area contributed by atoms with Gasteiger partial charge in [0.25, 0.3) is 0 Å². The zero-order chi connectivity index (χ0) is 22.3. The largest absolute Gasteiger partial charge is 0.222 e. The third kappa shape index (κ3) is 1.85. The number of nitrogens with zero attached hydrogens (tertiary/aromatic N) is 5. The molecule has 4 aliphatic rings. The van der Waals surface area contributed by atoms with Gasteiger partial charge in [0.15, 0.2) is 11.6 Å². The van der Waals surface area contributed by atoms with Crippen molar-refractivity contribution >= 4 is 0 Å². The lowest BCUT2D eigenvalue weighted by atomic mass is 9.70. The van der Waals surface area contributed by atoms with Crippen LogP contribution in [-0.2, 0) is 10.8 Å². The van der Waals surface area contributed by atoms with Gasteiger partial charge in [0.2, 0.25) is 0 Å². The van der Waals surface area contributed by atoms with Crippen LogP contribution in [0.15, 0.2) is 30.6 Å². The maximum atomic E-state index is 5.11. The van der Waals surface area contributed by atoms with E-state index in [9.17, 15) is 0 Å². The molecule has 0 amide bonds. The van der Waals surface area contributed by atoms with Crippen molar-refractivity contribution in [3.63, 3.8) is 0 Å². The van der Waals surface area contributed by atoms with Crippen LogP contribution >= 0.6 is 0 Å². The van der Waals surface area contributed by atoms with E-state index in [1.807, 2.05) is 4.68 Å². The van der Waals surface area contributed by atoms with Gasteiger partial charge in [-0.05, 0) is 71.6 Å². The van der Waals surface area contributed by atoms with Gasteiger partial charge < -0.3 is 0 Å². The molecule has 5 heteroatoms. The first-order chi connectivity index (χ1) is 15.1. The zero-order valence-corrected chi connectivity index (χ0v) is 20.1. The van der Waals surface area contributed by atoms with Gasteiger partial charge in [-0.15, -0.1) is 0 Å². The highest BCUT2D eigenvalue weighted by Crippen LogP contribution is 2.68. The number of hydrogen-bond donors (Lipinski definition) is 0. The number of aromatic nitrogens is 5. The Bertz CT molecular complexity index is 1290. The summed E-state index contributed by atoms with van der Waals surface area (Å²) in [4.78, 5) is 5.07. The minimum atomic E-state index is 0.146. The molecule has 0 aromatic carbocycles. The Labute approximate surface area is 190 Å². The van der Waals surface area contributed by atoms with Crippen molar-refractivity contribution in [2.24, 2.45) is 10.8 Å². The molecule has 5 nitrogen and oxygen atoms in total. The molecule has 3 heterocycles. The van der Waals surface area contributed by atoms with Gasteiger partial charge in [0, 0.05) is 17.0 Å². The Morgan fingerprint density at radius 1 is 0.844 bits per heavy atom. The summed E-state index contributed by atoms with van der Waals surface area (Å²) < 4.78 is 4.13. The molecule has 166 valence electrons. The molecular formula is C27H33N5. The number of pyridine rings is 1. The van der Waals surface area contributed by atoms with Gasteiger partial charge in [-0.1, -0.05) is 47.6 Å². The molecule has 4 atom stereocenters. The number of hydrogen-bond acceptors (Lipinski definition) is 3. The van der Waals surface area contributed by atoms with Crippen molar-refractivity contribution in [2.75, 3.05) is 0 Å². The molecule has 3 aromatic rings. The predicted molar refractivity (Wildman–Crippen MR) is 125 cm³/mol. The van der Waals surface area contributed by atoms with Gasteiger partial charge in [-0.2, -0.15) is 10.2 Å². The average molecular weight is 428 g/mol. The molecule has 3 aromatic heterocycles. The molecule has 0 unspecified atom stereocenters. The summed E-state index contributed by atoms with van der Waals surface area (Å²) in [5.74, 6) is 2.99. The highest BCUT2D eigenvalue weighted by molar-refractivity contribution is 5.49. The van der Waals surface area contributed by atoms with Gasteiger partial charge >= 0.3 is 0 Å². The Morgan fingerprint density at radius 2 is 1.50 bits per heavy atom. The second kappa shape index (κ2) is 5.37. The van der Waals surface area contributed by atoms with Gasteiger partial charge in [0.05, 0.1) is 17.6 Å². The van der Waals surface area contributed by atoms with E-state index in [1.165, 1.54) is 48.2 Å². The average Bonchev–Trinajstić information content (AvgIpc) is 3.52. The lowest BCUT2D eigenvalue weighted by Gasteiger charge is -2.35. The van der Waals surface area contributed by atoms with E-state index >= 15 is 0 Å². The fraction of sp³-hybridized carbons (Fsp3) is 0.593. The summed E-state index contributed by atoms with van der Waals surface area (Å²) in [7, 11) is 0. The Morgan fingerprint density at radius 3 is 2.25 bits per heavy atom. The monoisotopic (exact) mass is 427 g/mol. The number of fused-ring (bicyclic) bond motifs is 10. The van der Waals surface area contributed by atoms with E-state index < -0.39 is 0 Å². The molecule has 0 aliphatic heterocycles. The van der Waals surface area contributed by atoms with Crippen LogP contribution in [0, 0.1) is 10.8 Å². The first-order valence-corrected chi connectivity index (χ1v) is 12.3. The fourth-order valence-corrected chi connectivity index (χ4v) is 8.13. The van der Waals surface area contributed by atoms with Crippen molar-refractivity contribution in [2.45, 2.75) is 89.9 Å². The van der Waals surface area contributed by atoms with Crippen LogP contribution in [0.4, 0.5) is 0 Å². The molecule has 4 aliphatic carbocycles. The molecule has 0 N–H and O–H groups in total. The van der Waals surface area contributed by atoms with E-state index in [0.29, 0.717) is 11.8 Å². The lowest BCUT2D eigenvalue weighted by molar-refractivity contribution is 0.222. The molecule has 2 saturated carbocycles. The van der Waals surface area contributed by atoms with Crippen molar-refractivity contribution in [3.05, 3.63) is 53.1 Å². The Kier molecular flexibility index (Phi) is 3.20. The van der Waals surface area contributed by atoms with Crippen molar-refractivity contribution in [1.82, 2.24) is 24.5 Å². The Balaban J connectivity index is 1.32. The molecule has 4 bridgehead atoms. The normalized spacial score (nSPS) is 34.8. The van der Waals surface area contributed by atoms with Crippen LogP contribution in [0.3, 0.4) is 0 Å². The summed E-state index contributed by atoms with van der Waals surface area (Å²) in [6.45, 7) is 14.5. The third-order valence-electron chi connectivity index (χ3n) is 11.0. The van der Waals surface area contributed by atoms with Crippen LogP contribution in [0.2, 0.25) is 0 Å². The van der Waals surface area contributed by atoms with Crippen LogP contribution in [-0.4, -0.2) is 24.5 Å². The second-order valence-electron chi connectivity index (χ2n) is 12.4. The number of rotatable bonds is 2. The molecule has 32 heavy (non-hydrogen) atoms. The summed E-state index contributed by atoms with van der Waals surface area (Å²) in [5, 5.41) is 9.94. The summed E-state index contributed by atoms with van der Waals surface area (Å²) in [6.07, 6.45) is 9.35. The first kappa shape index (κ1) is 19.1. The quantitative estimate of drug-likeness (QED) is 0.519. The minimum Gasteiger partial charge on any atom is -0.222 e. The standard InChI is InChI=1S/C27H33N5/c1-24(2)19-10-12-26(24,5)22-17(19)15-31(30-22)20-8-7-9-21(29-20)32-23-16(14-28-32)18-11-13-27(23,6)25(18,3)4/h7-9,14-15,18-19H,10-13H2,1-6H3/t18-,19-,26+,27+/m1/s1. The molecular weight excluding hydrogens is 394 g/mol. The van der Waals surface area contributed by atoms with Crippen molar-refractivity contribution in [1.29, 1.82) is 0 Å². The van der Waals surface area contributed by atoms with Crippen LogP contribution < -0.4 is 0 Å². The van der Waals surface area contributed by atoms with Crippen LogP contribution in [0.5, 0.6) is 0 Å². The first-order valence-electron chi connectivity index (χ1n) is 12.3. The van der Waals surface area contributed by atoms with Crippen molar-refractivity contribution < 1.29 is 0 Å². The van der Waals surface area contributed by atoms with Gasteiger partial charge in [-0.25, -0.2) is 14.3 Å². The molecule has 0 spiro atoms. The van der Waals surface area contributed by atoms with E-state index in [2.05, 4.69) is 76.8 Å². The van der Waals surface area contributed by atoms with Gasteiger partial charge in [-0.3, -0.25) is 0 Å². The Hall–Kier alpha value is -2.43. The maximum absolute atomic E-state index is 5.11. The smallest absolute Gasteiger partial charge is 0.156 e. The summed E-state index contributed by atoms with van der Waals surface area (Å²) >= 11 is 0. The highest BCUT2D eigenvalue weighted by atomic mass is 15.4. The second-order valence-corrected chi connectivity index (χ2v) is 12.4. The molecule has 7 rings (SSSR count). The third-order valence-corrected chi connectivity index (χ3v) is 11.0. The molecule has 0 saturated heterocycles. The predicted octanol–water partition coefficient (Wildman–Crippen LogP) is 5.80. The maximum Gasteiger partial charge on any atom is 0.156 e. The summed E-state index contributed by atoms with van der Waals surface area (Å²) in [5.41, 5.74) is 6.39. The SMILES string of the molecule is CC1(C)[C@@H]2CC[C@@]1(C)c1nn(-c3cccc(-n4ncc5c4[C@]4(C)CC[C@H]5C4(C)C)n3)cc12. The van der Waals surface area contributed by atoms with Crippen LogP contribution in [0.25, 0.3) is 11.6 Å². The van der Waals surface area contributed by atoms with E-state index in [1.54, 1.807) is 0 Å².